The highest BCUT2D eigenvalue weighted by molar-refractivity contribution is 7.85. The second kappa shape index (κ2) is 7.99. The Morgan fingerprint density at radius 1 is 1.29 bits per heavy atom. The van der Waals surface area contributed by atoms with E-state index in [0.717, 1.165) is 5.56 Å². The van der Waals surface area contributed by atoms with E-state index < -0.39 is 22.0 Å². The van der Waals surface area contributed by atoms with Gasteiger partial charge in [0.2, 0.25) is 0 Å². The van der Waals surface area contributed by atoms with Gasteiger partial charge in [0.15, 0.2) is 0 Å². The van der Waals surface area contributed by atoms with Gasteiger partial charge in [0, 0.05) is 6.04 Å². The molecule has 0 unspecified atom stereocenters. The van der Waals surface area contributed by atoms with Crippen LogP contribution in [0.2, 0.25) is 0 Å². The predicted molar refractivity (Wildman–Crippen MR) is 79.4 cm³/mol. The third-order valence-corrected chi connectivity index (χ3v) is 3.76. The van der Waals surface area contributed by atoms with E-state index in [1.165, 1.54) is 0 Å². The summed E-state index contributed by atoms with van der Waals surface area (Å²) in [4.78, 5) is 11.7. The SMILES string of the molecule is CC(C)[C@@H](CCS(=O)(=O)O)NC(=O)OCc1ccccc1. The van der Waals surface area contributed by atoms with Crippen molar-refractivity contribution in [3.8, 4) is 0 Å². The Morgan fingerprint density at radius 3 is 2.43 bits per heavy atom. The van der Waals surface area contributed by atoms with Crippen LogP contribution in [0.5, 0.6) is 0 Å². The van der Waals surface area contributed by atoms with Crippen molar-refractivity contribution < 1.29 is 22.5 Å². The van der Waals surface area contributed by atoms with Gasteiger partial charge in [-0.2, -0.15) is 8.42 Å². The maximum absolute atomic E-state index is 11.7. The topological polar surface area (TPSA) is 92.7 Å². The highest BCUT2D eigenvalue weighted by Crippen LogP contribution is 2.08. The molecule has 0 aliphatic carbocycles. The largest absolute Gasteiger partial charge is 0.445 e. The molecule has 1 amide bonds. The van der Waals surface area contributed by atoms with Crippen molar-refractivity contribution in [2.45, 2.75) is 32.9 Å². The molecule has 0 saturated carbocycles. The number of carbonyl (C=O) groups is 1. The molecule has 6 nitrogen and oxygen atoms in total. The molecule has 1 atom stereocenters. The van der Waals surface area contributed by atoms with Crippen LogP contribution in [0.15, 0.2) is 30.3 Å². The van der Waals surface area contributed by atoms with E-state index in [0.29, 0.717) is 0 Å². The first-order chi connectivity index (χ1) is 9.78. The van der Waals surface area contributed by atoms with Gasteiger partial charge in [-0.3, -0.25) is 4.55 Å². The lowest BCUT2D eigenvalue weighted by atomic mass is 10.0. The maximum atomic E-state index is 11.7. The number of nitrogens with one attached hydrogen (secondary N) is 1. The van der Waals surface area contributed by atoms with Crippen LogP contribution < -0.4 is 5.32 Å². The standard InChI is InChI=1S/C14H21NO5S/c1-11(2)13(8-9-21(17,18)19)15-14(16)20-10-12-6-4-3-5-7-12/h3-7,11,13H,8-10H2,1-2H3,(H,15,16)(H,17,18,19)/t13-/m1/s1. The zero-order valence-electron chi connectivity index (χ0n) is 12.2. The van der Waals surface area contributed by atoms with Crippen molar-refractivity contribution in [2.24, 2.45) is 5.92 Å². The summed E-state index contributed by atoms with van der Waals surface area (Å²) in [6.45, 7) is 3.86. The minimum absolute atomic E-state index is 0.0241. The number of hydrogen-bond donors (Lipinski definition) is 2. The molecule has 1 aromatic rings. The zero-order chi connectivity index (χ0) is 15.9. The van der Waals surface area contributed by atoms with E-state index in [1.807, 2.05) is 44.2 Å². The van der Waals surface area contributed by atoms with Crippen LogP contribution in [0.4, 0.5) is 4.79 Å². The van der Waals surface area contributed by atoms with Gasteiger partial charge in [-0.05, 0) is 17.9 Å². The molecule has 0 aliphatic heterocycles. The lowest BCUT2D eigenvalue weighted by Gasteiger charge is -2.21. The fourth-order valence-electron chi connectivity index (χ4n) is 1.76. The summed E-state index contributed by atoms with van der Waals surface area (Å²) in [5.41, 5.74) is 0.867. The second-order valence-corrected chi connectivity index (χ2v) is 6.70. The Hall–Kier alpha value is -1.60. The normalized spacial score (nSPS) is 13.0. The molecule has 0 fully saturated rings. The summed E-state index contributed by atoms with van der Waals surface area (Å²) in [5, 5.41) is 2.62. The van der Waals surface area contributed by atoms with Crippen LogP contribution >= 0.6 is 0 Å². The summed E-state index contributed by atoms with van der Waals surface area (Å²) in [5.74, 6) is -0.370. The molecule has 1 aromatic carbocycles. The first kappa shape index (κ1) is 17.5. The van der Waals surface area contributed by atoms with E-state index >= 15 is 0 Å². The number of ether oxygens (including phenoxy) is 1. The Kier molecular flexibility index (Phi) is 6.64. The van der Waals surface area contributed by atoms with E-state index in [1.54, 1.807) is 0 Å². The zero-order valence-corrected chi connectivity index (χ0v) is 13.0. The number of benzene rings is 1. The van der Waals surface area contributed by atoms with Crippen molar-refractivity contribution in [1.29, 1.82) is 0 Å². The number of hydrogen-bond acceptors (Lipinski definition) is 4. The summed E-state index contributed by atoms with van der Waals surface area (Å²) in [6.07, 6.45) is -0.468. The highest BCUT2D eigenvalue weighted by Gasteiger charge is 2.19. The maximum Gasteiger partial charge on any atom is 0.407 e. The summed E-state index contributed by atoms with van der Waals surface area (Å²) >= 11 is 0. The number of amides is 1. The van der Waals surface area contributed by atoms with Crippen LogP contribution in [-0.2, 0) is 21.5 Å². The highest BCUT2D eigenvalue weighted by atomic mass is 32.2. The van der Waals surface area contributed by atoms with Crippen LogP contribution in [0.25, 0.3) is 0 Å². The Bertz CT molecular complexity index is 542. The third kappa shape index (κ3) is 7.67. The van der Waals surface area contributed by atoms with Crippen LogP contribution in [0.1, 0.15) is 25.8 Å². The summed E-state index contributed by atoms with van der Waals surface area (Å²) in [7, 11) is -4.04. The summed E-state index contributed by atoms with van der Waals surface area (Å²) in [6, 6.07) is 8.86. The fraction of sp³-hybridized carbons (Fsp3) is 0.500. The molecule has 0 heterocycles. The average Bonchev–Trinajstić information content (AvgIpc) is 2.41. The van der Waals surface area contributed by atoms with E-state index in [2.05, 4.69) is 5.32 Å². The van der Waals surface area contributed by atoms with Gasteiger partial charge in [0.1, 0.15) is 6.61 Å². The third-order valence-electron chi connectivity index (χ3n) is 3.01. The Morgan fingerprint density at radius 2 is 1.90 bits per heavy atom. The molecular formula is C14H21NO5S. The molecule has 0 bridgehead atoms. The van der Waals surface area contributed by atoms with Gasteiger partial charge in [-0.15, -0.1) is 0 Å². The second-order valence-electron chi connectivity index (χ2n) is 5.13. The minimum atomic E-state index is -4.04. The van der Waals surface area contributed by atoms with Crippen LogP contribution in [-0.4, -0.2) is 30.9 Å². The smallest absolute Gasteiger partial charge is 0.407 e. The summed E-state index contributed by atoms with van der Waals surface area (Å²) < 4.78 is 35.4. The Labute approximate surface area is 125 Å². The molecule has 118 valence electrons. The molecule has 0 radical (unpaired) electrons. The molecule has 1 rings (SSSR count). The molecule has 7 heteroatoms. The van der Waals surface area contributed by atoms with Gasteiger partial charge in [-0.1, -0.05) is 44.2 Å². The molecule has 0 aromatic heterocycles. The van der Waals surface area contributed by atoms with Crippen molar-refractivity contribution >= 4 is 16.2 Å². The van der Waals surface area contributed by atoms with Gasteiger partial charge < -0.3 is 10.1 Å². The van der Waals surface area contributed by atoms with Gasteiger partial charge >= 0.3 is 6.09 Å². The lowest BCUT2D eigenvalue weighted by molar-refractivity contribution is 0.132. The first-order valence-corrected chi connectivity index (χ1v) is 8.31. The van der Waals surface area contributed by atoms with Crippen molar-refractivity contribution in [3.05, 3.63) is 35.9 Å². The number of carbonyl (C=O) groups excluding carboxylic acids is 1. The minimum Gasteiger partial charge on any atom is -0.445 e. The van der Waals surface area contributed by atoms with E-state index in [9.17, 15) is 13.2 Å². The first-order valence-electron chi connectivity index (χ1n) is 6.70. The van der Waals surface area contributed by atoms with Gasteiger partial charge in [0.25, 0.3) is 10.1 Å². The van der Waals surface area contributed by atoms with Crippen molar-refractivity contribution in [3.63, 3.8) is 0 Å². The molecule has 2 N–H and O–H groups in total. The van der Waals surface area contributed by atoms with Crippen molar-refractivity contribution in [1.82, 2.24) is 5.32 Å². The molecular weight excluding hydrogens is 294 g/mol. The number of alkyl carbamates (subject to hydrolysis) is 1. The quantitative estimate of drug-likeness (QED) is 0.753. The van der Waals surface area contributed by atoms with Crippen molar-refractivity contribution in [2.75, 3.05) is 5.75 Å². The molecule has 0 spiro atoms. The number of rotatable bonds is 7. The predicted octanol–water partition coefficient (Wildman–Crippen LogP) is 2.22. The van der Waals surface area contributed by atoms with Crippen LogP contribution in [0, 0.1) is 5.92 Å². The fourth-order valence-corrected chi connectivity index (χ4v) is 2.32. The van der Waals surface area contributed by atoms with Gasteiger partial charge in [-0.25, -0.2) is 4.79 Å². The lowest BCUT2D eigenvalue weighted by Crippen LogP contribution is -2.40. The molecule has 0 aliphatic rings. The van der Waals surface area contributed by atoms with Gasteiger partial charge in [0.05, 0.1) is 5.75 Å². The monoisotopic (exact) mass is 315 g/mol. The van der Waals surface area contributed by atoms with E-state index in [4.69, 9.17) is 9.29 Å². The van der Waals surface area contributed by atoms with Crippen LogP contribution in [0.3, 0.4) is 0 Å². The van der Waals surface area contributed by atoms with E-state index in [-0.39, 0.29) is 25.0 Å². The average molecular weight is 315 g/mol. The molecule has 0 saturated heterocycles. The Balaban J connectivity index is 2.45. The molecule has 21 heavy (non-hydrogen) atoms.